The van der Waals surface area contributed by atoms with Crippen LogP contribution in [0.2, 0.25) is 0 Å². The summed E-state index contributed by atoms with van der Waals surface area (Å²) in [6.45, 7) is 2.17. The van der Waals surface area contributed by atoms with E-state index < -0.39 is 0 Å². The topological polar surface area (TPSA) is 46.9 Å². The molecule has 0 spiro atoms. The Morgan fingerprint density at radius 3 is 2.91 bits per heavy atom. The predicted octanol–water partition coefficient (Wildman–Crippen LogP) is 4.70. The Hall–Kier alpha value is -1.88. The largest absolute Gasteiger partial charge is 0.308 e. The fourth-order valence-electron chi connectivity index (χ4n) is 2.75. The van der Waals surface area contributed by atoms with E-state index in [0.29, 0.717) is 12.2 Å². The number of thiophene rings is 1. The Morgan fingerprint density at radius 2 is 2.09 bits per heavy atom. The lowest BCUT2D eigenvalue weighted by Gasteiger charge is -2.01. The van der Waals surface area contributed by atoms with Gasteiger partial charge in [-0.05, 0) is 12.5 Å². The van der Waals surface area contributed by atoms with Gasteiger partial charge in [0.25, 0.3) is 0 Å². The predicted molar refractivity (Wildman–Crippen MR) is 93.5 cm³/mol. The van der Waals surface area contributed by atoms with E-state index in [1.807, 2.05) is 23.9 Å². The van der Waals surface area contributed by atoms with Crippen molar-refractivity contribution in [1.29, 1.82) is 0 Å². The van der Waals surface area contributed by atoms with Gasteiger partial charge in [-0.2, -0.15) is 5.10 Å². The molecular formula is C17H21N3OS. The van der Waals surface area contributed by atoms with Crippen molar-refractivity contribution in [3.8, 4) is 0 Å². The van der Waals surface area contributed by atoms with Crippen LogP contribution in [0.1, 0.15) is 39.0 Å². The van der Waals surface area contributed by atoms with Crippen LogP contribution in [0.5, 0.6) is 0 Å². The third kappa shape index (κ3) is 2.86. The highest BCUT2D eigenvalue weighted by Crippen LogP contribution is 2.37. The first-order valence-corrected chi connectivity index (χ1v) is 8.66. The highest BCUT2D eigenvalue weighted by molar-refractivity contribution is 7.26. The summed E-state index contributed by atoms with van der Waals surface area (Å²) < 4.78 is 4.15. The minimum absolute atomic E-state index is 0.0635. The number of unbranched alkanes of at least 4 members (excludes halogenated alkanes) is 3. The van der Waals surface area contributed by atoms with E-state index in [9.17, 15) is 4.79 Å². The van der Waals surface area contributed by atoms with Crippen molar-refractivity contribution in [2.24, 2.45) is 7.05 Å². The minimum atomic E-state index is 0.0635. The van der Waals surface area contributed by atoms with Crippen LogP contribution in [0.25, 0.3) is 20.3 Å². The summed E-state index contributed by atoms with van der Waals surface area (Å²) in [6.07, 6.45) is 5.01. The minimum Gasteiger partial charge on any atom is -0.308 e. The van der Waals surface area contributed by atoms with Gasteiger partial charge in [-0.15, -0.1) is 11.3 Å². The first-order valence-electron chi connectivity index (χ1n) is 7.84. The van der Waals surface area contributed by atoms with Gasteiger partial charge in [0.2, 0.25) is 5.91 Å². The molecule has 0 aliphatic carbocycles. The summed E-state index contributed by atoms with van der Waals surface area (Å²) in [4.78, 5) is 12.1. The van der Waals surface area contributed by atoms with Crippen LogP contribution in [-0.2, 0) is 11.8 Å². The van der Waals surface area contributed by atoms with Crippen molar-refractivity contribution in [3.63, 3.8) is 0 Å². The Labute approximate surface area is 134 Å². The quantitative estimate of drug-likeness (QED) is 0.670. The summed E-state index contributed by atoms with van der Waals surface area (Å²) in [5, 5.41) is 8.66. The van der Waals surface area contributed by atoms with E-state index in [0.717, 1.165) is 23.1 Å². The maximum atomic E-state index is 12.1. The highest BCUT2D eigenvalue weighted by atomic mass is 32.1. The molecule has 0 unspecified atom stereocenters. The average molecular weight is 315 g/mol. The first kappa shape index (κ1) is 15.0. The summed E-state index contributed by atoms with van der Waals surface area (Å²) in [6, 6.07) is 8.28. The molecule has 0 aliphatic rings. The number of nitrogens with zero attached hydrogens (tertiary/aromatic N) is 2. The van der Waals surface area contributed by atoms with Crippen LogP contribution >= 0.6 is 11.3 Å². The Morgan fingerprint density at radius 1 is 1.27 bits per heavy atom. The zero-order valence-electron chi connectivity index (χ0n) is 13.1. The maximum Gasteiger partial charge on any atom is 0.225 e. The van der Waals surface area contributed by atoms with Crippen LogP contribution < -0.4 is 5.32 Å². The number of hydrogen-bond donors (Lipinski definition) is 1. The van der Waals surface area contributed by atoms with E-state index in [2.05, 4.69) is 29.5 Å². The molecule has 0 saturated carbocycles. The zero-order chi connectivity index (χ0) is 15.5. The van der Waals surface area contributed by atoms with Gasteiger partial charge in [-0.3, -0.25) is 9.48 Å². The van der Waals surface area contributed by atoms with Crippen molar-refractivity contribution in [3.05, 3.63) is 24.3 Å². The number of rotatable bonds is 6. The lowest BCUT2D eigenvalue weighted by atomic mass is 10.1. The van der Waals surface area contributed by atoms with Crippen molar-refractivity contribution in [2.75, 3.05) is 5.32 Å². The molecule has 0 radical (unpaired) electrons. The lowest BCUT2D eigenvalue weighted by molar-refractivity contribution is -0.116. The van der Waals surface area contributed by atoms with Gasteiger partial charge in [0.05, 0.1) is 10.2 Å². The highest BCUT2D eigenvalue weighted by Gasteiger charge is 2.16. The number of carbonyl (C=O) groups is 1. The number of fused-ring (bicyclic) bond motifs is 3. The molecule has 1 amide bonds. The second-order valence-corrected chi connectivity index (χ2v) is 6.66. The maximum absolute atomic E-state index is 12.1. The van der Waals surface area contributed by atoms with Gasteiger partial charge < -0.3 is 5.32 Å². The Bertz CT molecular complexity index is 803. The standard InChI is InChI=1S/C17H21N3OS/c1-3-4-5-6-11-14(21)18-17-16-15(20(2)19-17)12-9-7-8-10-13(12)22-16/h7-10H,3-6,11H2,1-2H3,(H,18,19,21). The Kier molecular flexibility index (Phi) is 4.43. The molecular weight excluding hydrogens is 294 g/mol. The van der Waals surface area contributed by atoms with Crippen molar-refractivity contribution in [1.82, 2.24) is 9.78 Å². The van der Waals surface area contributed by atoms with E-state index >= 15 is 0 Å². The molecule has 116 valence electrons. The van der Waals surface area contributed by atoms with Gasteiger partial charge in [0.15, 0.2) is 5.82 Å². The van der Waals surface area contributed by atoms with Gasteiger partial charge in [-0.25, -0.2) is 0 Å². The van der Waals surface area contributed by atoms with Crippen molar-refractivity contribution >= 4 is 43.4 Å². The molecule has 0 bridgehead atoms. The van der Waals surface area contributed by atoms with Crippen LogP contribution in [0, 0.1) is 0 Å². The number of nitrogens with one attached hydrogen (secondary N) is 1. The van der Waals surface area contributed by atoms with Crippen LogP contribution in [-0.4, -0.2) is 15.7 Å². The van der Waals surface area contributed by atoms with Crippen LogP contribution in [0.3, 0.4) is 0 Å². The smallest absolute Gasteiger partial charge is 0.225 e. The van der Waals surface area contributed by atoms with E-state index in [1.165, 1.54) is 22.9 Å². The van der Waals surface area contributed by atoms with Gasteiger partial charge >= 0.3 is 0 Å². The van der Waals surface area contributed by atoms with Crippen LogP contribution in [0.4, 0.5) is 5.82 Å². The monoisotopic (exact) mass is 315 g/mol. The summed E-state index contributed by atoms with van der Waals surface area (Å²) in [7, 11) is 1.93. The van der Waals surface area contributed by atoms with Crippen molar-refractivity contribution < 1.29 is 4.79 Å². The second-order valence-electron chi connectivity index (χ2n) is 5.61. The third-order valence-electron chi connectivity index (χ3n) is 3.87. The molecule has 2 aromatic heterocycles. The average Bonchev–Trinajstić information content (AvgIpc) is 3.03. The number of amides is 1. The summed E-state index contributed by atoms with van der Waals surface area (Å²) in [5.74, 6) is 0.757. The molecule has 5 heteroatoms. The molecule has 0 saturated heterocycles. The number of aromatic nitrogens is 2. The number of benzene rings is 1. The molecule has 22 heavy (non-hydrogen) atoms. The normalized spacial score (nSPS) is 11.4. The lowest BCUT2D eigenvalue weighted by Crippen LogP contribution is -2.11. The molecule has 0 atom stereocenters. The molecule has 1 aromatic carbocycles. The molecule has 3 aromatic rings. The Balaban J connectivity index is 1.81. The second kappa shape index (κ2) is 6.48. The summed E-state index contributed by atoms with van der Waals surface area (Å²) >= 11 is 1.69. The zero-order valence-corrected chi connectivity index (χ0v) is 13.9. The van der Waals surface area contributed by atoms with E-state index in [4.69, 9.17) is 0 Å². The van der Waals surface area contributed by atoms with Gasteiger partial charge in [0.1, 0.15) is 0 Å². The SMILES string of the molecule is CCCCCCC(=O)Nc1nn(C)c2c1sc1ccccc12. The fourth-order valence-corrected chi connectivity index (χ4v) is 3.92. The molecule has 0 fully saturated rings. The van der Waals surface area contributed by atoms with E-state index in [-0.39, 0.29) is 5.91 Å². The van der Waals surface area contributed by atoms with Crippen molar-refractivity contribution in [2.45, 2.75) is 39.0 Å². The third-order valence-corrected chi connectivity index (χ3v) is 5.04. The van der Waals surface area contributed by atoms with Gasteiger partial charge in [0, 0.05) is 23.6 Å². The number of aryl methyl sites for hydroxylation is 1. The number of hydrogen-bond acceptors (Lipinski definition) is 3. The molecule has 4 nitrogen and oxygen atoms in total. The van der Waals surface area contributed by atoms with Gasteiger partial charge in [-0.1, -0.05) is 44.4 Å². The number of carbonyl (C=O) groups excluding carboxylic acids is 1. The molecule has 1 N–H and O–H groups in total. The number of anilines is 1. The molecule has 2 heterocycles. The fraction of sp³-hybridized carbons (Fsp3) is 0.412. The van der Waals surface area contributed by atoms with E-state index in [1.54, 1.807) is 11.3 Å². The summed E-state index contributed by atoms with van der Waals surface area (Å²) in [5.41, 5.74) is 1.10. The first-order chi connectivity index (χ1) is 10.7. The molecule has 0 aliphatic heterocycles. The van der Waals surface area contributed by atoms with Crippen LogP contribution in [0.15, 0.2) is 24.3 Å². The molecule has 3 rings (SSSR count).